The molecule has 3 heterocycles. The first-order valence-electron chi connectivity index (χ1n) is 9.92. The summed E-state index contributed by atoms with van der Waals surface area (Å²) in [6, 6.07) is 17.5. The van der Waals surface area contributed by atoms with Crippen LogP contribution in [0.25, 0.3) is 22.3 Å². The largest absolute Gasteiger partial charge is 0.340 e. The number of halogens is 1. The first-order chi connectivity index (χ1) is 15.6. The van der Waals surface area contributed by atoms with E-state index in [4.69, 9.17) is 0 Å². The van der Waals surface area contributed by atoms with Crippen molar-refractivity contribution in [2.24, 2.45) is 0 Å². The molecule has 0 unspecified atom stereocenters. The van der Waals surface area contributed by atoms with Gasteiger partial charge < -0.3 is 15.6 Å². The Bertz CT molecular complexity index is 1380. The molecule has 0 spiro atoms. The minimum atomic E-state index is -0.387. The Morgan fingerprint density at radius 2 is 1.91 bits per heavy atom. The zero-order valence-corrected chi connectivity index (χ0v) is 17.6. The summed E-state index contributed by atoms with van der Waals surface area (Å²) >= 11 is 1.64. The van der Waals surface area contributed by atoms with E-state index in [0.29, 0.717) is 11.5 Å². The van der Waals surface area contributed by atoms with E-state index in [1.807, 2.05) is 35.7 Å². The molecule has 0 atom stereocenters. The SMILES string of the molecule is O=C(Cc1ccc(Nc2ncnc3[nH]c(-c4ccsc4)cc23)cc1)Nc1cccc(F)c1. The number of carbonyl (C=O) groups is 1. The van der Waals surface area contributed by atoms with Gasteiger partial charge in [0.05, 0.1) is 11.8 Å². The molecular formula is C24H18FN5OS. The van der Waals surface area contributed by atoms with Crippen LogP contribution in [0.3, 0.4) is 0 Å². The maximum absolute atomic E-state index is 13.3. The van der Waals surface area contributed by atoms with Crippen LogP contribution < -0.4 is 10.6 Å². The Balaban J connectivity index is 1.28. The number of nitrogens with zero attached hydrogens (tertiary/aromatic N) is 2. The van der Waals surface area contributed by atoms with E-state index in [9.17, 15) is 9.18 Å². The predicted molar refractivity (Wildman–Crippen MR) is 126 cm³/mol. The van der Waals surface area contributed by atoms with Crippen molar-refractivity contribution in [2.45, 2.75) is 6.42 Å². The van der Waals surface area contributed by atoms with Gasteiger partial charge in [-0.2, -0.15) is 11.3 Å². The maximum Gasteiger partial charge on any atom is 0.228 e. The van der Waals surface area contributed by atoms with Gasteiger partial charge in [-0.05, 0) is 53.4 Å². The number of anilines is 3. The number of rotatable bonds is 6. The molecule has 6 nitrogen and oxygen atoms in total. The van der Waals surface area contributed by atoms with Crippen LogP contribution in [-0.2, 0) is 11.2 Å². The molecule has 0 fully saturated rings. The minimum absolute atomic E-state index is 0.191. The molecule has 32 heavy (non-hydrogen) atoms. The highest BCUT2D eigenvalue weighted by Gasteiger charge is 2.10. The molecule has 158 valence electrons. The van der Waals surface area contributed by atoms with Crippen LogP contribution in [0.2, 0.25) is 0 Å². The molecule has 5 rings (SSSR count). The standard InChI is InChI=1S/C24H18FN5OS/c25-17-2-1-3-19(11-17)28-22(31)10-15-4-6-18(7-5-15)29-23-20-12-21(16-8-9-32-13-16)30-24(20)27-14-26-23/h1-9,11-14H,10H2,(H,28,31)(H2,26,27,29,30). The van der Waals surface area contributed by atoms with E-state index >= 15 is 0 Å². The first-order valence-corrected chi connectivity index (χ1v) is 10.9. The summed E-state index contributed by atoms with van der Waals surface area (Å²) < 4.78 is 13.3. The van der Waals surface area contributed by atoms with Gasteiger partial charge in [-0.25, -0.2) is 14.4 Å². The third kappa shape index (κ3) is 4.35. The Kier molecular flexibility index (Phi) is 5.35. The van der Waals surface area contributed by atoms with Crippen molar-refractivity contribution < 1.29 is 9.18 Å². The number of carbonyl (C=O) groups excluding carboxylic acids is 1. The average molecular weight is 444 g/mol. The molecule has 2 aromatic carbocycles. The van der Waals surface area contributed by atoms with Gasteiger partial charge in [0.2, 0.25) is 5.91 Å². The Labute approximate surface area is 187 Å². The third-order valence-corrected chi connectivity index (χ3v) is 5.63. The summed E-state index contributed by atoms with van der Waals surface area (Å²) in [5.74, 6) is 0.105. The second kappa shape index (κ2) is 8.60. The van der Waals surface area contributed by atoms with Crippen molar-refractivity contribution in [3.8, 4) is 11.3 Å². The Hall–Kier alpha value is -4.04. The van der Waals surface area contributed by atoms with Gasteiger partial charge in [-0.3, -0.25) is 4.79 Å². The average Bonchev–Trinajstić information content (AvgIpc) is 3.45. The molecule has 0 aliphatic carbocycles. The zero-order valence-electron chi connectivity index (χ0n) is 16.8. The monoisotopic (exact) mass is 443 g/mol. The van der Waals surface area contributed by atoms with Gasteiger partial charge in [0, 0.05) is 28.0 Å². The molecule has 0 radical (unpaired) electrons. The number of H-pyrrole nitrogens is 1. The fourth-order valence-corrected chi connectivity index (χ4v) is 4.07. The van der Waals surface area contributed by atoms with E-state index in [1.54, 1.807) is 23.5 Å². The Morgan fingerprint density at radius 3 is 2.69 bits per heavy atom. The van der Waals surface area contributed by atoms with Crippen LogP contribution in [0.5, 0.6) is 0 Å². The van der Waals surface area contributed by atoms with Crippen molar-refractivity contribution in [3.05, 3.63) is 89.1 Å². The molecule has 0 aliphatic rings. The van der Waals surface area contributed by atoms with Crippen LogP contribution in [0.4, 0.5) is 21.6 Å². The third-order valence-electron chi connectivity index (χ3n) is 4.95. The summed E-state index contributed by atoms with van der Waals surface area (Å²) in [4.78, 5) is 24.3. The van der Waals surface area contributed by atoms with Crippen molar-refractivity contribution in [2.75, 3.05) is 10.6 Å². The van der Waals surface area contributed by atoms with Crippen LogP contribution in [-0.4, -0.2) is 20.9 Å². The van der Waals surface area contributed by atoms with Gasteiger partial charge in [0.15, 0.2) is 0 Å². The first kappa shape index (κ1) is 19.9. The number of benzene rings is 2. The van der Waals surface area contributed by atoms with Crippen LogP contribution in [0, 0.1) is 5.82 Å². The number of fused-ring (bicyclic) bond motifs is 1. The van der Waals surface area contributed by atoms with Crippen molar-refractivity contribution in [1.29, 1.82) is 0 Å². The topological polar surface area (TPSA) is 82.7 Å². The summed E-state index contributed by atoms with van der Waals surface area (Å²) in [6.07, 6.45) is 1.71. The molecule has 3 aromatic heterocycles. The number of hydrogen-bond donors (Lipinski definition) is 3. The highest BCUT2D eigenvalue weighted by atomic mass is 32.1. The van der Waals surface area contributed by atoms with Gasteiger partial charge in [-0.15, -0.1) is 0 Å². The molecule has 5 aromatic rings. The Morgan fingerprint density at radius 1 is 1.03 bits per heavy atom. The molecular weight excluding hydrogens is 425 g/mol. The van der Waals surface area contributed by atoms with Crippen molar-refractivity contribution >= 4 is 45.5 Å². The van der Waals surface area contributed by atoms with E-state index in [-0.39, 0.29) is 18.1 Å². The van der Waals surface area contributed by atoms with Crippen molar-refractivity contribution in [3.63, 3.8) is 0 Å². The quantitative estimate of drug-likeness (QED) is 0.312. The summed E-state index contributed by atoms with van der Waals surface area (Å²) in [5.41, 5.74) is 4.99. The molecule has 8 heteroatoms. The van der Waals surface area contributed by atoms with Crippen LogP contribution in [0.1, 0.15) is 5.56 Å². The van der Waals surface area contributed by atoms with Crippen LogP contribution >= 0.6 is 11.3 Å². The van der Waals surface area contributed by atoms with E-state index in [0.717, 1.165) is 33.5 Å². The number of thiophene rings is 1. The van der Waals surface area contributed by atoms with Gasteiger partial charge >= 0.3 is 0 Å². The fourth-order valence-electron chi connectivity index (χ4n) is 3.41. The number of aromatic amines is 1. The number of nitrogens with one attached hydrogen (secondary N) is 3. The van der Waals surface area contributed by atoms with Gasteiger partial charge in [-0.1, -0.05) is 18.2 Å². The summed E-state index contributed by atoms with van der Waals surface area (Å²) in [7, 11) is 0. The lowest BCUT2D eigenvalue weighted by atomic mass is 10.1. The number of aromatic nitrogens is 3. The second-order valence-corrected chi connectivity index (χ2v) is 8.02. The lowest BCUT2D eigenvalue weighted by Gasteiger charge is -2.08. The minimum Gasteiger partial charge on any atom is -0.340 e. The number of hydrogen-bond acceptors (Lipinski definition) is 5. The molecule has 0 bridgehead atoms. The van der Waals surface area contributed by atoms with E-state index in [1.165, 1.54) is 18.5 Å². The van der Waals surface area contributed by atoms with Crippen LogP contribution in [0.15, 0.2) is 77.8 Å². The smallest absolute Gasteiger partial charge is 0.228 e. The van der Waals surface area contributed by atoms with E-state index in [2.05, 4.69) is 37.0 Å². The highest BCUT2D eigenvalue weighted by molar-refractivity contribution is 7.08. The maximum atomic E-state index is 13.3. The van der Waals surface area contributed by atoms with Gasteiger partial charge in [0.1, 0.15) is 23.6 Å². The zero-order chi connectivity index (χ0) is 21.9. The number of amides is 1. The van der Waals surface area contributed by atoms with Crippen molar-refractivity contribution in [1.82, 2.24) is 15.0 Å². The normalized spacial score (nSPS) is 10.9. The highest BCUT2D eigenvalue weighted by Crippen LogP contribution is 2.29. The molecule has 0 saturated carbocycles. The molecule has 0 aliphatic heterocycles. The van der Waals surface area contributed by atoms with E-state index < -0.39 is 0 Å². The summed E-state index contributed by atoms with van der Waals surface area (Å²) in [5, 5.41) is 11.0. The lowest BCUT2D eigenvalue weighted by Crippen LogP contribution is -2.14. The molecule has 3 N–H and O–H groups in total. The molecule has 0 saturated heterocycles. The second-order valence-electron chi connectivity index (χ2n) is 7.24. The molecule has 1 amide bonds. The predicted octanol–water partition coefficient (Wildman–Crippen LogP) is 5.75. The van der Waals surface area contributed by atoms with Gasteiger partial charge in [0.25, 0.3) is 0 Å². The fraction of sp³-hybridized carbons (Fsp3) is 0.0417. The lowest BCUT2D eigenvalue weighted by molar-refractivity contribution is -0.115. The summed E-state index contributed by atoms with van der Waals surface area (Å²) in [6.45, 7) is 0.